The fourth-order valence-corrected chi connectivity index (χ4v) is 5.35. The summed E-state index contributed by atoms with van der Waals surface area (Å²) in [4.78, 5) is 29.1. The molecule has 0 saturated heterocycles. The summed E-state index contributed by atoms with van der Waals surface area (Å²) in [5.41, 5.74) is 7.01. The van der Waals surface area contributed by atoms with E-state index in [1.54, 1.807) is 12.4 Å². The third-order valence-electron chi connectivity index (χ3n) is 6.70. The zero-order chi connectivity index (χ0) is 27.8. The van der Waals surface area contributed by atoms with Gasteiger partial charge in [0.25, 0.3) is 5.91 Å². The van der Waals surface area contributed by atoms with Crippen molar-refractivity contribution in [2.75, 3.05) is 24.2 Å². The van der Waals surface area contributed by atoms with E-state index in [1.165, 1.54) is 16.7 Å². The minimum Gasteiger partial charge on any atom is -0.350 e. The Morgan fingerprint density at radius 3 is 2.53 bits per heavy atom. The summed E-state index contributed by atoms with van der Waals surface area (Å²) >= 11 is 0. The lowest BCUT2D eigenvalue weighted by atomic mass is 9.76. The average molecular weight is 518 g/mol. The highest BCUT2D eigenvalue weighted by atomic mass is 16.1. The summed E-state index contributed by atoms with van der Waals surface area (Å²) in [6.07, 6.45) is 3.34. The number of fused-ring (bicyclic) bond motifs is 1. The molecule has 0 aliphatic carbocycles. The number of amides is 1. The number of benzene rings is 1. The minimum atomic E-state index is -0.228. The first-order valence-corrected chi connectivity index (χ1v) is 13.2. The second-order valence-corrected chi connectivity index (χ2v) is 12.4. The number of aromatic nitrogens is 3. The molecule has 0 bridgehead atoms. The van der Waals surface area contributed by atoms with Crippen molar-refractivity contribution < 1.29 is 6.22 Å². The van der Waals surface area contributed by atoms with E-state index in [2.05, 4.69) is 91.5 Å². The van der Waals surface area contributed by atoms with Crippen LogP contribution < -0.4 is 16.0 Å². The maximum Gasteiger partial charge on any atom is 0.256 e. The Hall–Kier alpha value is -3.52. The first-order chi connectivity index (χ1) is 17.7. The predicted octanol–water partition coefficient (Wildman–Crippen LogP) is 6.07. The summed E-state index contributed by atoms with van der Waals surface area (Å²) in [7, 11) is 2.16. The molecule has 4 rings (SSSR count). The molecule has 8 heteroatoms. The van der Waals surface area contributed by atoms with Crippen LogP contribution in [0.4, 0.5) is 23.1 Å². The number of carbonyl (C=O) groups is 1. The molecule has 1 aromatic carbocycles. The molecule has 3 aromatic rings. The fourth-order valence-electron chi connectivity index (χ4n) is 5.35. The van der Waals surface area contributed by atoms with E-state index in [0.29, 0.717) is 17.3 Å². The van der Waals surface area contributed by atoms with Gasteiger partial charge in [0, 0.05) is 60.9 Å². The zero-order valence-corrected chi connectivity index (χ0v) is 24.2. The van der Waals surface area contributed by atoms with Crippen molar-refractivity contribution in [2.24, 2.45) is 0 Å². The van der Waals surface area contributed by atoms with Crippen LogP contribution in [0.3, 0.4) is 0 Å². The standard InChI is InChI=1S/C30H41N7O.H2/c1-18(2)33-27(38)23-15-32-28(36-26(23)34-21-10-11-31-24(14-21)29(4,5)6)35-22-12-19(3)25-20(13-22)16-37(9)17-30(25,7)8;/h10-15,18H,16-17H2,1-9H3,(H,33,38)(H2,31,32,34,35,36);1H. The first-order valence-electron chi connectivity index (χ1n) is 13.2. The molecule has 1 aliphatic rings. The van der Waals surface area contributed by atoms with Crippen LogP contribution in [0.25, 0.3) is 0 Å². The van der Waals surface area contributed by atoms with E-state index in [-0.39, 0.29) is 24.2 Å². The van der Waals surface area contributed by atoms with Crippen LogP contribution >= 0.6 is 0 Å². The number of anilines is 4. The maximum atomic E-state index is 13.0. The Bertz CT molecular complexity index is 1350. The van der Waals surface area contributed by atoms with Crippen molar-refractivity contribution in [1.82, 2.24) is 25.2 Å². The van der Waals surface area contributed by atoms with Crippen LogP contribution in [-0.4, -0.2) is 45.4 Å². The molecule has 0 atom stereocenters. The Kier molecular flexibility index (Phi) is 7.48. The number of hydrogen-bond donors (Lipinski definition) is 3. The zero-order valence-electron chi connectivity index (χ0n) is 24.2. The lowest BCUT2D eigenvalue weighted by molar-refractivity contribution is 0.0943. The summed E-state index contributed by atoms with van der Waals surface area (Å²) in [5.74, 6) is 0.623. The lowest BCUT2D eigenvalue weighted by Gasteiger charge is -2.39. The number of aryl methyl sites for hydroxylation is 1. The van der Waals surface area contributed by atoms with E-state index in [0.717, 1.165) is 30.2 Å². The molecule has 8 nitrogen and oxygen atoms in total. The quantitative estimate of drug-likeness (QED) is 0.365. The number of rotatable bonds is 6. The summed E-state index contributed by atoms with van der Waals surface area (Å²) in [6.45, 7) is 18.9. The SMILES string of the molecule is Cc1cc(Nc2ncc(C(=O)NC(C)C)c(Nc3ccnc(C(C)(C)C)c3)n2)cc2c1C(C)(C)CN(C)C2.[HH]. The Labute approximate surface area is 228 Å². The highest BCUT2D eigenvalue weighted by Crippen LogP contribution is 2.37. The third kappa shape index (κ3) is 6.13. The molecule has 2 aromatic heterocycles. The largest absolute Gasteiger partial charge is 0.350 e. The minimum absolute atomic E-state index is 0. The van der Waals surface area contributed by atoms with Gasteiger partial charge in [-0.05, 0) is 68.8 Å². The smallest absolute Gasteiger partial charge is 0.256 e. The van der Waals surface area contributed by atoms with Gasteiger partial charge in [-0.3, -0.25) is 9.78 Å². The number of pyridine rings is 1. The van der Waals surface area contributed by atoms with Crippen molar-refractivity contribution in [3.05, 3.63) is 64.6 Å². The highest BCUT2D eigenvalue weighted by molar-refractivity contribution is 5.99. The monoisotopic (exact) mass is 517 g/mol. The van der Waals surface area contributed by atoms with Gasteiger partial charge < -0.3 is 20.9 Å². The van der Waals surface area contributed by atoms with Gasteiger partial charge in [0.1, 0.15) is 11.4 Å². The van der Waals surface area contributed by atoms with E-state index in [1.807, 2.05) is 26.0 Å². The van der Waals surface area contributed by atoms with Crippen molar-refractivity contribution in [3.63, 3.8) is 0 Å². The van der Waals surface area contributed by atoms with Gasteiger partial charge in [0.15, 0.2) is 0 Å². The molecule has 1 amide bonds. The summed E-state index contributed by atoms with van der Waals surface area (Å²) in [6, 6.07) is 8.20. The lowest BCUT2D eigenvalue weighted by Crippen LogP contribution is -2.40. The van der Waals surface area contributed by atoms with Crippen molar-refractivity contribution in [2.45, 2.75) is 78.8 Å². The molecule has 1 aliphatic heterocycles. The first kappa shape index (κ1) is 27.5. The molecule has 0 saturated carbocycles. The molecule has 3 N–H and O–H groups in total. The van der Waals surface area contributed by atoms with E-state index in [9.17, 15) is 4.79 Å². The van der Waals surface area contributed by atoms with E-state index >= 15 is 0 Å². The fraction of sp³-hybridized carbons (Fsp3) is 0.467. The van der Waals surface area contributed by atoms with Crippen LogP contribution in [-0.2, 0) is 17.4 Å². The van der Waals surface area contributed by atoms with Gasteiger partial charge in [0.2, 0.25) is 5.95 Å². The van der Waals surface area contributed by atoms with Gasteiger partial charge in [-0.15, -0.1) is 0 Å². The van der Waals surface area contributed by atoms with Crippen LogP contribution in [0.15, 0.2) is 36.7 Å². The van der Waals surface area contributed by atoms with Crippen molar-refractivity contribution in [1.29, 1.82) is 0 Å². The molecule has 0 unspecified atom stereocenters. The Balaban J connectivity index is 0.00000420. The van der Waals surface area contributed by atoms with Gasteiger partial charge in [0.05, 0.1) is 0 Å². The second kappa shape index (κ2) is 10.3. The maximum absolute atomic E-state index is 13.0. The van der Waals surface area contributed by atoms with Crippen molar-refractivity contribution in [3.8, 4) is 0 Å². The molecule has 204 valence electrons. The van der Waals surface area contributed by atoms with Crippen LogP contribution in [0.5, 0.6) is 0 Å². The van der Waals surface area contributed by atoms with Crippen LogP contribution in [0.2, 0.25) is 0 Å². The summed E-state index contributed by atoms with van der Waals surface area (Å²) < 4.78 is 0. The van der Waals surface area contributed by atoms with Crippen LogP contribution in [0.1, 0.15) is 82.6 Å². The predicted molar refractivity (Wildman–Crippen MR) is 157 cm³/mol. The van der Waals surface area contributed by atoms with E-state index in [4.69, 9.17) is 4.98 Å². The number of carbonyl (C=O) groups excluding carboxylic acids is 1. The molecular weight excluding hydrogens is 474 g/mol. The molecule has 38 heavy (non-hydrogen) atoms. The topological polar surface area (TPSA) is 95.1 Å². The average Bonchev–Trinajstić information content (AvgIpc) is 2.77. The molecule has 0 fully saturated rings. The number of nitrogens with zero attached hydrogens (tertiary/aromatic N) is 4. The normalized spacial score (nSPS) is 15.2. The number of likely N-dealkylation sites (N-methyl/N-ethyl adjacent to an activating group) is 1. The molecule has 3 heterocycles. The second-order valence-electron chi connectivity index (χ2n) is 12.4. The van der Waals surface area contributed by atoms with Gasteiger partial charge in [-0.25, -0.2) is 4.98 Å². The molecular formula is C30H43N7O. The summed E-state index contributed by atoms with van der Waals surface area (Å²) in [5, 5.41) is 9.67. The van der Waals surface area contributed by atoms with Crippen LogP contribution in [0, 0.1) is 6.92 Å². The van der Waals surface area contributed by atoms with Gasteiger partial charge in [-0.2, -0.15) is 4.98 Å². The number of hydrogen-bond acceptors (Lipinski definition) is 7. The molecule has 0 spiro atoms. The van der Waals surface area contributed by atoms with Crippen molar-refractivity contribution >= 4 is 29.0 Å². The Morgan fingerprint density at radius 2 is 1.84 bits per heavy atom. The third-order valence-corrected chi connectivity index (χ3v) is 6.70. The van der Waals surface area contributed by atoms with Gasteiger partial charge >= 0.3 is 0 Å². The Morgan fingerprint density at radius 1 is 1.11 bits per heavy atom. The molecule has 0 radical (unpaired) electrons. The number of nitrogens with one attached hydrogen (secondary N) is 3. The van der Waals surface area contributed by atoms with Gasteiger partial charge in [-0.1, -0.05) is 34.6 Å². The van der Waals surface area contributed by atoms with E-state index < -0.39 is 0 Å². The highest BCUT2D eigenvalue weighted by Gasteiger charge is 2.32.